The lowest BCUT2D eigenvalue weighted by Gasteiger charge is -2.32. The van der Waals surface area contributed by atoms with E-state index in [0.717, 1.165) is 25.1 Å². The fraction of sp³-hybridized carbons (Fsp3) is 0.636. The molecule has 1 fully saturated rings. The molecule has 1 aromatic rings. The van der Waals surface area contributed by atoms with E-state index in [1.165, 1.54) is 0 Å². The Labute approximate surface area is 95.0 Å². The molecule has 1 amide bonds. The number of hydrogen-bond acceptors (Lipinski definition) is 3. The second kappa shape index (κ2) is 4.25. The maximum atomic E-state index is 11.8. The number of amides is 1. The summed E-state index contributed by atoms with van der Waals surface area (Å²) in [6.45, 7) is 2.56. The Balaban J connectivity index is 1.86. The first-order chi connectivity index (χ1) is 7.56. The van der Waals surface area contributed by atoms with Gasteiger partial charge in [0.25, 0.3) is 5.91 Å². The van der Waals surface area contributed by atoms with Crippen molar-refractivity contribution in [2.75, 3.05) is 6.54 Å². The third-order valence-corrected chi connectivity index (χ3v) is 3.08. The maximum Gasteiger partial charge on any atom is 0.254 e. The van der Waals surface area contributed by atoms with E-state index in [2.05, 4.69) is 10.4 Å². The second-order valence-electron chi connectivity index (χ2n) is 4.61. The predicted molar refractivity (Wildman–Crippen MR) is 61.0 cm³/mol. The standard InChI is InChI=1S/C11H18N4O/c1-7-10(6-15(2)14-7)11(16)13-5-8-3-9(12)4-8/h6,8-9H,3-5,12H2,1-2H3,(H,13,16). The van der Waals surface area contributed by atoms with Gasteiger partial charge in [0.2, 0.25) is 0 Å². The normalized spacial score (nSPS) is 23.9. The number of nitrogens with zero attached hydrogens (tertiary/aromatic N) is 2. The van der Waals surface area contributed by atoms with Crippen LogP contribution in [0.1, 0.15) is 28.9 Å². The summed E-state index contributed by atoms with van der Waals surface area (Å²) < 4.78 is 1.66. The number of aromatic nitrogens is 2. The van der Waals surface area contributed by atoms with Crippen LogP contribution in [0.5, 0.6) is 0 Å². The van der Waals surface area contributed by atoms with Gasteiger partial charge in [-0.25, -0.2) is 0 Å². The number of aryl methyl sites for hydroxylation is 2. The summed E-state index contributed by atoms with van der Waals surface area (Å²) >= 11 is 0. The lowest BCUT2D eigenvalue weighted by atomic mass is 9.81. The van der Waals surface area contributed by atoms with Crippen LogP contribution in [0.2, 0.25) is 0 Å². The zero-order chi connectivity index (χ0) is 11.7. The number of carbonyl (C=O) groups is 1. The van der Waals surface area contributed by atoms with Crippen molar-refractivity contribution in [1.29, 1.82) is 0 Å². The molecule has 5 heteroatoms. The summed E-state index contributed by atoms with van der Waals surface area (Å²) in [5.74, 6) is 0.516. The van der Waals surface area contributed by atoms with E-state index in [4.69, 9.17) is 5.73 Å². The lowest BCUT2D eigenvalue weighted by molar-refractivity contribution is 0.0934. The van der Waals surface area contributed by atoms with Crippen LogP contribution < -0.4 is 11.1 Å². The van der Waals surface area contributed by atoms with Gasteiger partial charge in [-0.3, -0.25) is 9.48 Å². The molecule has 5 nitrogen and oxygen atoms in total. The molecule has 16 heavy (non-hydrogen) atoms. The molecule has 0 radical (unpaired) electrons. The first-order valence-electron chi connectivity index (χ1n) is 5.60. The first-order valence-corrected chi connectivity index (χ1v) is 5.60. The fourth-order valence-corrected chi connectivity index (χ4v) is 2.11. The molecule has 0 saturated heterocycles. The monoisotopic (exact) mass is 222 g/mol. The molecule has 0 atom stereocenters. The van der Waals surface area contributed by atoms with E-state index in [0.29, 0.717) is 17.5 Å². The van der Waals surface area contributed by atoms with E-state index >= 15 is 0 Å². The average molecular weight is 222 g/mol. The molecule has 1 aliphatic rings. The number of nitrogens with one attached hydrogen (secondary N) is 1. The molecule has 3 N–H and O–H groups in total. The third-order valence-electron chi connectivity index (χ3n) is 3.08. The molecule has 1 aromatic heterocycles. The Hall–Kier alpha value is -1.36. The topological polar surface area (TPSA) is 72.9 Å². The molecular formula is C11H18N4O. The highest BCUT2D eigenvalue weighted by Gasteiger charge is 2.26. The van der Waals surface area contributed by atoms with Gasteiger partial charge in [0.05, 0.1) is 11.3 Å². The summed E-state index contributed by atoms with van der Waals surface area (Å²) in [6, 6.07) is 0.335. The summed E-state index contributed by atoms with van der Waals surface area (Å²) in [7, 11) is 1.81. The van der Waals surface area contributed by atoms with Crippen molar-refractivity contribution in [2.24, 2.45) is 18.7 Å². The highest BCUT2D eigenvalue weighted by atomic mass is 16.1. The molecule has 0 spiro atoms. The Morgan fingerprint density at radius 3 is 2.88 bits per heavy atom. The van der Waals surface area contributed by atoms with Gasteiger partial charge in [0.1, 0.15) is 0 Å². The molecule has 0 aromatic carbocycles. The highest BCUT2D eigenvalue weighted by molar-refractivity contribution is 5.94. The maximum absolute atomic E-state index is 11.8. The van der Waals surface area contributed by atoms with Crippen LogP contribution in [-0.4, -0.2) is 28.3 Å². The highest BCUT2D eigenvalue weighted by Crippen LogP contribution is 2.24. The Kier molecular flexibility index (Phi) is 2.96. The molecule has 2 rings (SSSR count). The van der Waals surface area contributed by atoms with Gasteiger partial charge >= 0.3 is 0 Å². The molecule has 0 bridgehead atoms. The molecular weight excluding hydrogens is 204 g/mol. The van der Waals surface area contributed by atoms with Crippen molar-refractivity contribution in [1.82, 2.24) is 15.1 Å². The number of carbonyl (C=O) groups excluding carboxylic acids is 1. The van der Waals surface area contributed by atoms with Crippen molar-refractivity contribution < 1.29 is 4.79 Å². The fourth-order valence-electron chi connectivity index (χ4n) is 2.11. The van der Waals surface area contributed by atoms with Gasteiger partial charge in [-0.15, -0.1) is 0 Å². The smallest absolute Gasteiger partial charge is 0.254 e. The van der Waals surface area contributed by atoms with Crippen LogP contribution in [0.25, 0.3) is 0 Å². The summed E-state index contributed by atoms with van der Waals surface area (Å²) in [6.07, 6.45) is 3.79. The van der Waals surface area contributed by atoms with Crippen LogP contribution >= 0.6 is 0 Å². The Morgan fingerprint density at radius 2 is 2.38 bits per heavy atom. The predicted octanol–water partition coefficient (Wildman–Crippen LogP) is 0.196. The number of rotatable bonds is 3. The van der Waals surface area contributed by atoms with E-state index in [1.54, 1.807) is 10.9 Å². The zero-order valence-electron chi connectivity index (χ0n) is 9.73. The Morgan fingerprint density at radius 1 is 1.69 bits per heavy atom. The molecule has 0 unspecified atom stereocenters. The van der Waals surface area contributed by atoms with Crippen LogP contribution in [-0.2, 0) is 7.05 Å². The molecule has 1 saturated carbocycles. The van der Waals surface area contributed by atoms with E-state index in [1.807, 2.05) is 14.0 Å². The molecule has 0 aliphatic heterocycles. The van der Waals surface area contributed by atoms with Gasteiger partial charge in [-0.1, -0.05) is 0 Å². The molecule has 1 aliphatic carbocycles. The number of hydrogen-bond donors (Lipinski definition) is 2. The SMILES string of the molecule is Cc1nn(C)cc1C(=O)NCC1CC(N)C1. The molecule has 1 heterocycles. The van der Waals surface area contributed by atoms with Gasteiger partial charge in [0.15, 0.2) is 0 Å². The zero-order valence-corrected chi connectivity index (χ0v) is 9.73. The first kappa shape index (κ1) is 11.1. The van der Waals surface area contributed by atoms with Gasteiger partial charge in [0, 0.05) is 25.8 Å². The van der Waals surface area contributed by atoms with Crippen LogP contribution in [0.15, 0.2) is 6.20 Å². The van der Waals surface area contributed by atoms with Gasteiger partial charge in [-0.05, 0) is 25.7 Å². The minimum atomic E-state index is -0.0360. The quantitative estimate of drug-likeness (QED) is 0.767. The third kappa shape index (κ3) is 2.24. The van der Waals surface area contributed by atoms with E-state index in [9.17, 15) is 4.79 Å². The minimum Gasteiger partial charge on any atom is -0.352 e. The Bertz CT molecular complexity index is 393. The van der Waals surface area contributed by atoms with Crippen molar-refractivity contribution in [3.05, 3.63) is 17.5 Å². The average Bonchev–Trinajstić information content (AvgIpc) is 2.50. The summed E-state index contributed by atoms with van der Waals surface area (Å²) in [4.78, 5) is 11.8. The molecule has 88 valence electrons. The van der Waals surface area contributed by atoms with Gasteiger partial charge in [-0.2, -0.15) is 5.10 Å². The minimum absolute atomic E-state index is 0.0360. The summed E-state index contributed by atoms with van der Waals surface area (Å²) in [5.41, 5.74) is 7.12. The van der Waals surface area contributed by atoms with Crippen LogP contribution in [0.4, 0.5) is 0 Å². The lowest BCUT2D eigenvalue weighted by Crippen LogP contribution is -2.42. The second-order valence-corrected chi connectivity index (χ2v) is 4.61. The van der Waals surface area contributed by atoms with E-state index in [-0.39, 0.29) is 5.91 Å². The van der Waals surface area contributed by atoms with Crippen LogP contribution in [0, 0.1) is 12.8 Å². The van der Waals surface area contributed by atoms with Gasteiger partial charge < -0.3 is 11.1 Å². The van der Waals surface area contributed by atoms with E-state index < -0.39 is 0 Å². The largest absolute Gasteiger partial charge is 0.352 e. The van der Waals surface area contributed by atoms with Crippen molar-refractivity contribution in [2.45, 2.75) is 25.8 Å². The van der Waals surface area contributed by atoms with Crippen LogP contribution in [0.3, 0.4) is 0 Å². The van der Waals surface area contributed by atoms with Crippen molar-refractivity contribution >= 4 is 5.91 Å². The van der Waals surface area contributed by atoms with Crippen molar-refractivity contribution in [3.8, 4) is 0 Å². The number of nitrogens with two attached hydrogens (primary N) is 1. The van der Waals surface area contributed by atoms with Crippen molar-refractivity contribution in [3.63, 3.8) is 0 Å². The summed E-state index contributed by atoms with van der Waals surface area (Å²) in [5, 5.41) is 7.07.